The average molecular weight is 427 g/mol. The van der Waals surface area contributed by atoms with Gasteiger partial charge in [0.15, 0.2) is 0 Å². The van der Waals surface area contributed by atoms with Crippen LogP contribution < -0.4 is 15.2 Å². The lowest BCUT2D eigenvalue weighted by Gasteiger charge is -2.18. The lowest BCUT2D eigenvalue weighted by molar-refractivity contribution is -0.135. The van der Waals surface area contributed by atoms with Gasteiger partial charge in [-0.3, -0.25) is 14.2 Å². The molecule has 4 aromatic rings. The zero-order valence-corrected chi connectivity index (χ0v) is 17.7. The Balaban J connectivity index is 1.43. The SMILES string of the molecule is Cc1ccc(C(=O)N(C)c2ccc(OC(=O)Cn3cnc4ccccc4c3=O)cc2)cc1. The predicted octanol–water partition coefficient (Wildman–Crippen LogP) is 3.59. The molecule has 1 heterocycles. The maximum absolute atomic E-state index is 12.6. The Morgan fingerprint density at radius 3 is 2.38 bits per heavy atom. The molecule has 3 aromatic carbocycles. The van der Waals surface area contributed by atoms with Crippen molar-refractivity contribution in [3.05, 3.63) is 101 Å². The minimum atomic E-state index is -0.596. The summed E-state index contributed by atoms with van der Waals surface area (Å²) < 4.78 is 6.56. The topological polar surface area (TPSA) is 81.5 Å². The average Bonchev–Trinajstić information content (AvgIpc) is 2.81. The lowest BCUT2D eigenvalue weighted by atomic mass is 10.1. The highest BCUT2D eigenvalue weighted by Gasteiger charge is 2.14. The van der Waals surface area contributed by atoms with Crippen LogP contribution in [0.1, 0.15) is 15.9 Å². The van der Waals surface area contributed by atoms with Crippen LogP contribution in [0.4, 0.5) is 5.69 Å². The van der Waals surface area contributed by atoms with Crippen molar-refractivity contribution < 1.29 is 14.3 Å². The highest BCUT2D eigenvalue weighted by atomic mass is 16.5. The Kier molecular flexibility index (Phi) is 5.81. The van der Waals surface area contributed by atoms with E-state index in [9.17, 15) is 14.4 Å². The summed E-state index contributed by atoms with van der Waals surface area (Å²) in [5.41, 5.74) is 2.59. The monoisotopic (exact) mass is 427 g/mol. The van der Waals surface area contributed by atoms with Crippen molar-refractivity contribution in [3.63, 3.8) is 0 Å². The molecule has 0 aliphatic heterocycles. The molecular formula is C25H21N3O4. The lowest BCUT2D eigenvalue weighted by Crippen LogP contribution is -2.27. The van der Waals surface area contributed by atoms with Gasteiger partial charge in [0.1, 0.15) is 12.3 Å². The van der Waals surface area contributed by atoms with Gasteiger partial charge in [0.05, 0.1) is 17.2 Å². The Hall–Kier alpha value is -4.26. The van der Waals surface area contributed by atoms with Gasteiger partial charge in [0, 0.05) is 18.3 Å². The second-order valence-electron chi connectivity index (χ2n) is 7.39. The van der Waals surface area contributed by atoms with Crippen LogP contribution in [-0.4, -0.2) is 28.5 Å². The number of carbonyl (C=O) groups is 2. The summed E-state index contributed by atoms with van der Waals surface area (Å²) in [6.07, 6.45) is 1.33. The summed E-state index contributed by atoms with van der Waals surface area (Å²) in [7, 11) is 1.68. The number of amides is 1. The summed E-state index contributed by atoms with van der Waals surface area (Å²) in [5, 5.41) is 0.438. The third kappa shape index (κ3) is 4.41. The number of aryl methyl sites for hydroxylation is 1. The number of anilines is 1. The summed E-state index contributed by atoms with van der Waals surface area (Å²) in [5.74, 6) is -0.421. The van der Waals surface area contributed by atoms with Crippen molar-refractivity contribution in [3.8, 4) is 5.75 Å². The third-order valence-electron chi connectivity index (χ3n) is 5.09. The molecule has 0 aliphatic rings. The predicted molar refractivity (Wildman–Crippen MR) is 122 cm³/mol. The van der Waals surface area contributed by atoms with E-state index in [1.54, 1.807) is 67.7 Å². The smallest absolute Gasteiger partial charge is 0.331 e. The van der Waals surface area contributed by atoms with E-state index in [1.165, 1.54) is 15.8 Å². The summed E-state index contributed by atoms with van der Waals surface area (Å²) >= 11 is 0. The van der Waals surface area contributed by atoms with Crippen molar-refractivity contribution in [2.24, 2.45) is 0 Å². The van der Waals surface area contributed by atoms with Crippen LogP contribution in [0.3, 0.4) is 0 Å². The fraction of sp³-hybridized carbons (Fsp3) is 0.120. The van der Waals surface area contributed by atoms with Crippen molar-refractivity contribution in [2.75, 3.05) is 11.9 Å². The van der Waals surface area contributed by atoms with Gasteiger partial charge in [-0.1, -0.05) is 29.8 Å². The third-order valence-corrected chi connectivity index (χ3v) is 5.09. The molecule has 0 unspecified atom stereocenters. The van der Waals surface area contributed by atoms with Crippen LogP contribution in [0.5, 0.6) is 5.75 Å². The largest absolute Gasteiger partial charge is 0.425 e. The van der Waals surface area contributed by atoms with Crippen LogP contribution in [0, 0.1) is 6.92 Å². The molecule has 0 radical (unpaired) electrons. The van der Waals surface area contributed by atoms with E-state index < -0.39 is 5.97 Å². The number of hydrogen-bond acceptors (Lipinski definition) is 5. The number of para-hydroxylation sites is 1. The number of ether oxygens (including phenoxy) is 1. The summed E-state index contributed by atoms with van der Waals surface area (Å²) in [6, 6.07) is 20.9. The van der Waals surface area contributed by atoms with Crippen LogP contribution in [0.25, 0.3) is 10.9 Å². The number of esters is 1. The quantitative estimate of drug-likeness (QED) is 0.359. The highest BCUT2D eigenvalue weighted by Crippen LogP contribution is 2.20. The van der Waals surface area contributed by atoms with Crippen molar-refractivity contribution in [2.45, 2.75) is 13.5 Å². The zero-order valence-electron chi connectivity index (χ0n) is 17.7. The van der Waals surface area contributed by atoms with Gasteiger partial charge in [0.25, 0.3) is 11.5 Å². The number of aromatic nitrogens is 2. The van der Waals surface area contributed by atoms with Gasteiger partial charge in [0.2, 0.25) is 0 Å². The molecule has 0 spiro atoms. The van der Waals surface area contributed by atoms with Crippen molar-refractivity contribution in [1.29, 1.82) is 0 Å². The Bertz CT molecular complexity index is 1340. The maximum atomic E-state index is 12.6. The van der Waals surface area contributed by atoms with Crippen molar-refractivity contribution in [1.82, 2.24) is 9.55 Å². The van der Waals surface area contributed by atoms with E-state index in [0.717, 1.165) is 5.56 Å². The molecule has 0 bridgehead atoms. The molecule has 0 saturated carbocycles. The molecule has 0 saturated heterocycles. The summed E-state index contributed by atoms with van der Waals surface area (Å²) in [6.45, 7) is 1.70. The Morgan fingerprint density at radius 2 is 1.66 bits per heavy atom. The second-order valence-corrected chi connectivity index (χ2v) is 7.39. The fourth-order valence-corrected chi connectivity index (χ4v) is 3.27. The van der Waals surface area contributed by atoms with E-state index in [-0.39, 0.29) is 18.0 Å². The van der Waals surface area contributed by atoms with Gasteiger partial charge in [-0.15, -0.1) is 0 Å². The normalized spacial score (nSPS) is 10.7. The number of rotatable bonds is 5. The summed E-state index contributed by atoms with van der Waals surface area (Å²) in [4.78, 5) is 43.2. The first kappa shape index (κ1) is 21.0. The number of benzene rings is 3. The minimum absolute atomic E-state index is 0.141. The first-order valence-corrected chi connectivity index (χ1v) is 10.0. The van der Waals surface area contributed by atoms with Gasteiger partial charge in [-0.2, -0.15) is 0 Å². The van der Waals surface area contributed by atoms with E-state index in [4.69, 9.17) is 4.74 Å². The molecule has 160 valence electrons. The maximum Gasteiger partial charge on any atom is 0.331 e. The second kappa shape index (κ2) is 8.85. The molecule has 1 aromatic heterocycles. The standard InChI is InChI=1S/C25H21N3O4/c1-17-7-9-18(10-8-17)24(30)27(2)19-11-13-20(14-12-19)32-23(29)15-28-16-26-22-6-4-3-5-21(22)25(28)31/h3-14,16H,15H2,1-2H3. The van der Waals surface area contributed by atoms with Gasteiger partial charge < -0.3 is 9.64 Å². The number of carbonyl (C=O) groups excluding carboxylic acids is 2. The molecule has 32 heavy (non-hydrogen) atoms. The first-order chi connectivity index (χ1) is 15.4. The molecule has 7 heteroatoms. The molecule has 0 N–H and O–H groups in total. The Morgan fingerprint density at radius 1 is 0.969 bits per heavy atom. The Labute approximate surface area is 184 Å². The zero-order chi connectivity index (χ0) is 22.7. The number of nitrogens with zero attached hydrogens (tertiary/aromatic N) is 3. The van der Waals surface area contributed by atoms with Gasteiger partial charge in [-0.05, 0) is 55.5 Å². The molecule has 0 aliphatic carbocycles. The molecular weight excluding hydrogens is 406 g/mol. The first-order valence-electron chi connectivity index (χ1n) is 10.0. The van der Waals surface area contributed by atoms with E-state index in [1.807, 2.05) is 19.1 Å². The molecule has 0 fully saturated rings. The highest BCUT2D eigenvalue weighted by molar-refractivity contribution is 6.05. The number of hydrogen-bond donors (Lipinski definition) is 0. The van der Waals surface area contributed by atoms with Crippen LogP contribution >= 0.6 is 0 Å². The van der Waals surface area contributed by atoms with E-state index in [2.05, 4.69) is 4.98 Å². The van der Waals surface area contributed by atoms with Crippen LogP contribution in [0.15, 0.2) is 83.9 Å². The van der Waals surface area contributed by atoms with Gasteiger partial charge in [-0.25, -0.2) is 9.78 Å². The fourth-order valence-electron chi connectivity index (χ4n) is 3.27. The van der Waals surface area contributed by atoms with Crippen molar-refractivity contribution >= 4 is 28.5 Å². The minimum Gasteiger partial charge on any atom is -0.425 e. The molecule has 7 nitrogen and oxygen atoms in total. The van der Waals surface area contributed by atoms with Crippen LogP contribution in [-0.2, 0) is 11.3 Å². The van der Waals surface area contributed by atoms with Gasteiger partial charge >= 0.3 is 5.97 Å². The molecule has 4 rings (SSSR count). The number of fused-ring (bicyclic) bond motifs is 1. The van der Waals surface area contributed by atoms with E-state index in [0.29, 0.717) is 27.9 Å². The molecule has 1 amide bonds. The van der Waals surface area contributed by atoms with E-state index >= 15 is 0 Å². The van der Waals surface area contributed by atoms with Crippen LogP contribution in [0.2, 0.25) is 0 Å². The molecule has 0 atom stereocenters.